The molecule has 0 amide bonds. The molecule has 1 rings (SSSR count). The summed E-state index contributed by atoms with van der Waals surface area (Å²) in [5.74, 6) is -1.11. The number of ketones is 1. The Morgan fingerprint density at radius 3 is 2.60 bits per heavy atom. The fourth-order valence-corrected chi connectivity index (χ4v) is 2.09. The minimum absolute atomic E-state index is 0.141. The molecule has 0 radical (unpaired) electrons. The van der Waals surface area contributed by atoms with Gasteiger partial charge in [-0.25, -0.2) is 4.79 Å². The molecule has 108 valence electrons. The zero-order valence-electron chi connectivity index (χ0n) is 11.4. The third kappa shape index (κ3) is 4.58. The van der Waals surface area contributed by atoms with Crippen LogP contribution in [0.15, 0.2) is 34.8 Å². The van der Waals surface area contributed by atoms with E-state index in [2.05, 4.69) is 15.9 Å². The molecular weight excluding hydrogens is 324 g/mol. The van der Waals surface area contributed by atoms with E-state index >= 15 is 0 Å². The van der Waals surface area contributed by atoms with Crippen molar-refractivity contribution in [1.82, 2.24) is 0 Å². The van der Waals surface area contributed by atoms with E-state index in [4.69, 9.17) is 4.74 Å². The lowest BCUT2D eigenvalue weighted by atomic mass is 9.96. The molecule has 0 spiro atoms. The largest absolute Gasteiger partial charge is 0.464 e. The van der Waals surface area contributed by atoms with Crippen molar-refractivity contribution in [2.45, 2.75) is 25.9 Å². The van der Waals surface area contributed by atoms with Gasteiger partial charge in [0.05, 0.1) is 6.61 Å². The highest BCUT2D eigenvalue weighted by Gasteiger charge is 2.36. The van der Waals surface area contributed by atoms with Crippen molar-refractivity contribution in [2.75, 3.05) is 6.61 Å². The summed E-state index contributed by atoms with van der Waals surface area (Å²) in [6.07, 6.45) is 2.57. The zero-order valence-corrected chi connectivity index (χ0v) is 13.0. The van der Waals surface area contributed by atoms with Crippen LogP contribution in [-0.2, 0) is 14.3 Å². The number of carbonyl (C=O) groups is 2. The Balaban J connectivity index is 3.03. The topological polar surface area (TPSA) is 63.6 Å². The number of hydrogen-bond donors (Lipinski definition) is 1. The number of aliphatic hydroxyl groups is 1. The highest BCUT2D eigenvalue weighted by atomic mass is 79.9. The maximum Gasteiger partial charge on any atom is 0.342 e. The summed E-state index contributed by atoms with van der Waals surface area (Å²) in [7, 11) is 0. The summed E-state index contributed by atoms with van der Waals surface area (Å²) in [4.78, 5) is 23.1. The number of esters is 1. The van der Waals surface area contributed by atoms with Gasteiger partial charge >= 0.3 is 5.97 Å². The quantitative estimate of drug-likeness (QED) is 0.808. The van der Waals surface area contributed by atoms with Crippen LogP contribution in [0.2, 0.25) is 0 Å². The predicted octanol–water partition coefficient (Wildman–Crippen LogP) is 2.74. The summed E-state index contributed by atoms with van der Waals surface area (Å²) in [5, 5.41) is 10.3. The Morgan fingerprint density at radius 2 is 2.05 bits per heavy atom. The number of carbonyl (C=O) groups excluding carboxylic acids is 2. The van der Waals surface area contributed by atoms with Crippen LogP contribution in [-0.4, -0.2) is 29.1 Å². The lowest BCUT2D eigenvalue weighted by molar-refractivity contribution is -0.161. The molecule has 1 atom stereocenters. The first-order valence-corrected chi connectivity index (χ1v) is 7.01. The second kappa shape index (κ2) is 7.36. The molecule has 1 aromatic carbocycles. The van der Waals surface area contributed by atoms with Crippen molar-refractivity contribution in [1.29, 1.82) is 0 Å². The van der Waals surface area contributed by atoms with E-state index in [-0.39, 0.29) is 18.8 Å². The van der Waals surface area contributed by atoms with Gasteiger partial charge in [-0.1, -0.05) is 40.2 Å². The molecular formula is C15H17BrO4. The van der Waals surface area contributed by atoms with Gasteiger partial charge in [0.2, 0.25) is 0 Å². The van der Waals surface area contributed by atoms with Crippen molar-refractivity contribution in [3.05, 3.63) is 40.4 Å². The smallest absolute Gasteiger partial charge is 0.342 e. The van der Waals surface area contributed by atoms with Crippen LogP contribution < -0.4 is 0 Å². The average Bonchev–Trinajstić information content (AvgIpc) is 2.37. The molecule has 0 saturated carbocycles. The number of ether oxygens (including phenoxy) is 1. The van der Waals surface area contributed by atoms with Gasteiger partial charge in [-0.15, -0.1) is 0 Å². The standard InChI is InChI=1S/C15H17BrO4/c1-3-20-14(18)15(19,10-11(2)17)9-8-12-6-4-5-7-13(12)16/h4-9,19H,3,10H2,1-2H3/b9-8+/t15-/m1/s1. The number of hydrogen-bond acceptors (Lipinski definition) is 4. The van der Waals surface area contributed by atoms with E-state index in [1.807, 2.05) is 24.3 Å². The molecule has 0 fully saturated rings. The molecule has 20 heavy (non-hydrogen) atoms. The first kappa shape index (κ1) is 16.6. The van der Waals surface area contributed by atoms with Gasteiger partial charge in [0.25, 0.3) is 0 Å². The van der Waals surface area contributed by atoms with Crippen molar-refractivity contribution in [2.24, 2.45) is 0 Å². The molecule has 0 aliphatic carbocycles. The minimum atomic E-state index is -1.93. The highest BCUT2D eigenvalue weighted by Crippen LogP contribution is 2.21. The molecule has 0 aliphatic heterocycles. The minimum Gasteiger partial charge on any atom is -0.464 e. The summed E-state index contributed by atoms with van der Waals surface area (Å²) in [5.41, 5.74) is -1.14. The molecule has 0 saturated heterocycles. The number of halogens is 1. The Bertz CT molecular complexity index is 524. The van der Waals surface area contributed by atoms with E-state index in [0.717, 1.165) is 10.0 Å². The predicted molar refractivity (Wildman–Crippen MR) is 80.1 cm³/mol. The second-order valence-corrected chi connectivity index (χ2v) is 5.23. The van der Waals surface area contributed by atoms with Gasteiger partial charge in [-0.3, -0.25) is 4.79 Å². The van der Waals surface area contributed by atoms with Crippen LogP contribution in [0.1, 0.15) is 25.8 Å². The average molecular weight is 341 g/mol. The SMILES string of the molecule is CCOC(=O)[C@@](O)(/C=C/c1ccccc1Br)CC(C)=O. The normalized spacial score (nSPS) is 14.0. The Morgan fingerprint density at radius 1 is 1.40 bits per heavy atom. The Labute approximate surface area is 126 Å². The van der Waals surface area contributed by atoms with Crippen molar-refractivity contribution < 1.29 is 19.4 Å². The van der Waals surface area contributed by atoms with Gasteiger partial charge in [0.15, 0.2) is 5.60 Å². The first-order chi connectivity index (χ1) is 9.39. The summed E-state index contributed by atoms with van der Waals surface area (Å²) in [6, 6.07) is 7.35. The number of Topliss-reactive ketones (excluding diaryl/α,β-unsaturated/α-hetero) is 1. The fraction of sp³-hybridized carbons (Fsp3) is 0.333. The van der Waals surface area contributed by atoms with E-state index in [9.17, 15) is 14.7 Å². The van der Waals surface area contributed by atoms with Crippen molar-refractivity contribution >= 4 is 33.8 Å². The van der Waals surface area contributed by atoms with Crippen LogP contribution in [0.5, 0.6) is 0 Å². The monoisotopic (exact) mass is 340 g/mol. The van der Waals surface area contributed by atoms with Crippen molar-refractivity contribution in [3.63, 3.8) is 0 Å². The van der Waals surface area contributed by atoms with Gasteiger partial charge in [0, 0.05) is 10.9 Å². The summed E-state index contributed by atoms with van der Waals surface area (Å²) < 4.78 is 5.65. The van der Waals surface area contributed by atoms with Crippen LogP contribution in [0.25, 0.3) is 6.08 Å². The molecule has 0 heterocycles. The molecule has 5 heteroatoms. The number of rotatable bonds is 6. The van der Waals surface area contributed by atoms with Gasteiger partial charge < -0.3 is 9.84 Å². The van der Waals surface area contributed by atoms with Crippen molar-refractivity contribution in [3.8, 4) is 0 Å². The molecule has 4 nitrogen and oxygen atoms in total. The maximum atomic E-state index is 11.8. The van der Waals surface area contributed by atoms with Crippen LogP contribution in [0.3, 0.4) is 0 Å². The number of benzene rings is 1. The molecule has 0 bridgehead atoms. The lowest BCUT2D eigenvalue weighted by Crippen LogP contribution is -2.39. The van der Waals surface area contributed by atoms with Crippen LogP contribution >= 0.6 is 15.9 Å². The zero-order chi connectivity index (χ0) is 15.2. The molecule has 1 aromatic rings. The highest BCUT2D eigenvalue weighted by molar-refractivity contribution is 9.10. The van der Waals surface area contributed by atoms with E-state index in [1.165, 1.54) is 13.0 Å². The van der Waals surface area contributed by atoms with Gasteiger partial charge in [0.1, 0.15) is 5.78 Å². The molecule has 0 aromatic heterocycles. The summed E-state index contributed by atoms with van der Waals surface area (Å²) in [6.45, 7) is 3.10. The lowest BCUT2D eigenvalue weighted by Gasteiger charge is -2.21. The van der Waals surface area contributed by atoms with E-state index in [0.29, 0.717) is 0 Å². The molecule has 0 aliphatic rings. The Kier molecular flexibility index (Phi) is 6.10. The van der Waals surface area contributed by atoms with Crippen LogP contribution in [0.4, 0.5) is 0 Å². The first-order valence-electron chi connectivity index (χ1n) is 6.22. The van der Waals surface area contributed by atoms with Gasteiger partial charge in [-0.05, 0) is 31.6 Å². The molecule has 0 unspecified atom stereocenters. The maximum absolute atomic E-state index is 11.8. The van der Waals surface area contributed by atoms with E-state index in [1.54, 1.807) is 13.0 Å². The van der Waals surface area contributed by atoms with Crippen LogP contribution in [0, 0.1) is 0 Å². The van der Waals surface area contributed by atoms with Gasteiger partial charge in [-0.2, -0.15) is 0 Å². The third-order valence-corrected chi connectivity index (χ3v) is 3.31. The Hall–Kier alpha value is -1.46. The third-order valence-electron chi connectivity index (χ3n) is 2.59. The fourth-order valence-electron chi connectivity index (χ4n) is 1.67. The summed E-state index contributed by atoms with van der Waals surface area (Å²) >= 11 is 3.37. The van der Waals surface area contributed by atoms with E-state index < -0.39 is 11.6 Å². The molecule has 1 N–H and O–H groups in total. The second-order valence-electron chi connectivity index (χ2n) is 4.38.